The lowest BCUT2D eigenvalue weighted by atomic mass is 9.99. The zero-order valence-corrected chi connectivity index (χ0v) is 15.6. The van der Waals surface area contributed by atoms with E-state index in [9.17, 15) is 4.79 Å². The molecular weight excluding hydrogens is 333 g/mol. The van der Waals surface area contributed by atoms with Gasteiger partial charge in [0.05, 0.1) is 5.92 Å². The van der Waals surface area contributed by atoms with Gasteiger partial charge in [0.2, 0.25) is 5.91 Å². The maximum Gasteiger partial charge on any atom is 0.228 e. The fourth-order valence-electron chi connectivity index (χ4n) is 2.77. The van der Waals surface area contributed by atoms with Crippen LogP contribution < -0.4 is 10.6 Å². The van der Waals surface area contributed by atoms with Gasteiger partial charge in [-0.25, -0.2) is 0 Å². The third-order valence-corrected chi connectivity index (χ3v) is 4.16. The monoisotopic (exact) mass is 361 g/mol. The zero-order chi connectivity index (χ0) is 15.1. The molecule has 0 radical (unpaired) electrons. The van der Waals surface area contributed by atoms with Gasteiger partial charge in [-0.3, -0.25) is 9.69 Å². The van der Waals surface area contributed by atoms with Crippen LogP contribution in [0.25, 0.3) is 0 Å². The van der Waals surface area contributed by atoms with Crippen molar-refractivity contribution in [1.29, 1.82) is 0 Å². The minimum absolute atomic E-state index is 0. The van der Waals surface area contributed by atoms with Gasteiger partial charge in [0.15, 0.2) is 0 Å². The van der Waals surface area contributed by atoms with E-state index in [0.29, 0.717) is 0 Å². The molecule has 1 aromatic rings. The summed E-state index contributed by atoms with van der Waals surface area (Å²) >= 11 is 0. The van der Waals surface area contributed by atoms with Crippen molar-refractivity contribution in [3.63, 3.8) is 0 Å². The van der Waals surface area contributed by atoms with E-state index in [2.05, 4.69) is 41.5 Å². The number of anilines is 1. The highest BCUT2D eigenvalue weighted by atomic mass is 35.5. The second-order valence-electron chi connectivity index (χ2n) is 5.69. The van der Waals surface area contributed by atoms with Crippen molar-refractivity contribution in [3.05, 3.63) is 29.8 Å². The maximum absolute atomic E-state index is 12.3. The first-order chi connectivity index (χ1) is 10.2. The van der Waals surface area contributed by atoms with Gasteiger partial charge in [0.1, 0.15) is 0 Å². The number of hydrogen-bond acceptors (Lipinski definition) is 3. The lowest BCUT2D eigenvalue weighted by Crippen LogP contribution is -2.37. The van der Waals surface area contributed by atoms with Gasteiger partial charge in [-0.1, -0.05) is 26.0 Å². The smallest absolute Gasteiger partial charge is 0.228 e. The van der Waals surface area contributed by atoms with Gasteiger partial charge >= 0.3 is 0 Å². The predicted octanol–water partition coefficient (Wildman–Crippen LogP) is 3.31. The first kappa shape index (κ1) is 22.2. The molecule has 23 heavy (non-hydrogen) atoms. The van der Waals surface area contributed by atoms with E-state index in [1.54, 1.807) is 0 Å². The normalized spacial score (nSPS) is 17.1. The van der Waals surface area contributed by atoms with Crippen LogP contribution in [-0.4, -0.2) is 37.0 Å². The first-order valence-corrected chi connectivity index (χ1v) is 8.05. The van der Waals surface area contributed by atoms with Gasteiger partial charge in [0, 0.05) is 18.8 Å². The topological polar surface area (TPSA) is 44.4 Å². The molecule has 4 nitrogen and oxygen atoms in total. The number of carbonyl (C=O) groups is 1. The maximum atomic E-state index is 12.3. The molecule has 1 atom stereocenters. The standard InChI is InChI=1S/C17H27N3O.2ClH/c1-3-20(4-2)13-14-7-5-9-16(11-14)19-17(21)15-8-6-10-18-12-15;;/h5,7,9,11,15,18H,3-4,6,8,10,12-13H2,1-2H3,(H,19,21);2*1H. The van der Waals surface area contributed by atoms with Crippen LogP contribution in [0.15, 0.2) is 24.3 Å². The van der Waals surface area contributed by atoms with Crippen LogP contribution in [0.4, 0.5) is 5.69 Å². The number of halogens is 2. The van der Waals surface area contributed by atoms with Crippen molar-refractivity contribution in [2.24, 2.45) is 5.92 Å². The van der Waals surface area contributed by atoms with Gasteiger partial charge in [-0.05, 0) is 50.2 Å². The second kappa shape index (κ2) is 11.7. The van der Waals surface area contributed by atoms with E-state index in [1.165, 1.54) is 5.56 Å². The highest BCUT2D eigenvalue weighted by molar-refractivity contribution is 5.92. The number of nitrogens with one attached hydrogen (secondary N) is 2. The number of piperidine rings is 1. The summed E-state index contributed by atoms with van der Waals surface area (Å²) in [5, 5.41) is 6.35. The van der Waals surface area contributed by atoms with Crippen LogP contribution in [0.3, 0.4) is 0 Å². The lowest BCUT2D eigenvalue weighted by molar-refractivity contribution is -0.120. The molecule has 2 N–H and O–H groups in total. The van der Waals surface area contributed by atoms with E-state index in [-0.39, 0.29) is 36.6 Å². The Bertz CT molecular complexity index is 461. The van der Waals surface area contributed by atoms with Crippen molar-refractivity contribution < 1.29 is 4.79 Å². The molecule has 0 spiro atoms. The number of hydrogen-bond donors (Lipinski definition) is 2. The number of nitrogens with zero attached hydrogens (tertiary/aromatic N) is 1. The SMILES string of the molecule is CCN(CC)Cc1cccc(NC(=O)C2CCCNC2)c1.Cl.Cl. The van der Waals surface area contributed by atoms with E-state index < -0.39 is 0 Å². The fraction of sp³-hybridized carbons (Fsp3) is 0.588. The van der Waals surface area contributed by atoms with Gasteiger partial charge in [-0.15, -0.1) is 24.8 Å². The molecule has 1 saturated heterocycles. The number of carbonyl (C=O) groups excluding carboxylic acids is 1. The molecule has 1 fully saturated rings. The van der Waals surface area contributed by atoms with Crippen LogP contribution in [0.2, 0.25) is 0 Å². The summed E-state index contributed by atoms with van der Waals surface area (Å²) in [5.74, 6) is 0.243. The van der Waals surface area contributed by atoms with Crippen LogP contribution in [0, 0.1) is 5.92 Å². The Kier molecular flexibility index (Phi) is 11.3. The van der Waals surface area contributed by atoms with Crippen molar-refractivity contribution in [2.75, 3.05) is 31.5 Å². The first-order valence-electron chi connectivity index (χ1n) is 8.05. The molecule has 0 bridgehead atoms. The highest BCUT2D eigenvalue weighted by Crippen LogP contribution is 2.16. The number of rotatable bonds is 6. The minimum Gasteiger partial charge on any atom is -0.326 e. The molecule has 132 valence electrons. The Morgan fingerprint density at radius 1 is 1.30 bits per heavy atom. The third-order valence-electron chi connectivity index (χ3n) is 4.16. The van der Waals surface area contributed by atoms with Crippen molar-refractivity contribution in [2.45, 2.75) is 33.2 Å². The van der Waals surface area contributed by atoms with E-state index in [1.807, 2.05) is 12.1 Å². The summed E-state index contributed by atoms with van der Waals surface area (Å²) in [6, 6.07) is 8.20. The van der Waals surface area contributed by atoms with Crippen molar-refractivity contribution in [3.8, 4) is 0 Å². The number of amides is 1. The van der Waals surface area contributed by atoms with Crippen LogP contribution in [-0.2, 0) is 11.3 Å². The molecule has 6 heteroatoms. The molecule has 0 aromatic heterocycles. The Morgan fingerprint density at radius 3 is 2.65 bits per heavy atom. The average molecular weight is 362 g/mol. The Hall–Kier alpha value is -0.810. The molecular formula is C17H29Cl2N3O. The summed E-state index contributed by atoms with van der Waals surface area (Å²) in [7, 11) is 0. The predicted molar refractivity (Wildman–Crippen MR) is 102 cm³/mol. The Morgan fingerprint density at radius 2 is 2.04 bits per heavy atom. The molecule has 1 aliphatic rings. The third kappa shape index (κ3) is 7.08. The fourth-order valence-corrected chi connectivity index (χ4v) is 2.77. The van der Waals surface area contributed by atoms with Crippen molar-refractivity contribution in [1.82, 2.24) is 10.2 Å². The lowest BCUT2D eigenvalue weighted by Gasteiger charge is -2.22. The van der Waals surface area contributed by atoms with Crippen LogP contribution in [0.5, 0.6) is 0 Å². The summed E-state index contributed by atoms with van der Waals surface area (Å²) in [6.07, 6.45) is 2.07. The van der Waals surface area contributed by atoms with E-state index >= 15 is 0 Å². The summed E-state index contributed by atoms with van der Waals surface area (Å²) < 4.78 is 0. The second-order valence-corrected chi connectivity index (χ2v) is 5.69. The molecule has 1 aliphatic heterocycles. The largest absolute Gasteiger partial charge is 0.326 e. The zero-order valence-electron chi connectivity index (χ0n) is 14.0. The van der Waals surface area contributed by atoms with Crippen molar-refractivity contribution >= 4 is 36.4 Å². The molecule has 0 saturated carbocycles. The minimum atomic E-state index is 0. The van der Waals surface area contributed by atoms with Gasteiger partial charge in [-0.2, -0.15) is 0 Å². The summed E-state index contributed by atoms with van der Waals surface area (Å²) in [4.78, 5) is 14.6. The number of benzene rings is 1. The van der Waals surface area contributed by atoms with Gasteiger partial charge < -0.3 is 10.6 Å². The Labute approximate surface area is 152 Å². The summed E-state index contributed by atoms with van der Waals surface area (Å²) in [5.41, 5.74) is 2.16. The average Bonchev–Trinajstić information content (AvgIpc) is 2.53. The Balaban J connectivity index is 0.00000242. The molecule has 2 rings (SSSR count). The molecule has 1 amide bonds. The highest BCUT2D eigenvalue weighted by Gasteiger charge is 2.20. The summed E-state index contributed by atoms with van der Waals surface area (Å²) in [6.45, 7) is 9.19. The van der Waals surface area contributed by atoms with Gasteiger partial charge in [0.25, 0.3) is 0 Å². The molecule has 1 heterocycles. The molecule has 1 aromatic carbocycles. The van der Waals surface area contributed by atoms with Crippen LogP contribution in [0.1, 0.15) is 32.3 Å². The molecule has 0 aliphatic carbocycles. The molecule has 1 unspecified atom stereocenters. The van der Waals surface area contributed by atoms with E-state index in [4.69, 9.17) is 0 Å². The quantitative estimate of drug-likeness (QED) is 0.816. The van der Waals surface area contributed by atoms with Crippen LogP contribution >= 0.6 is 24.8 Å². The van der Waals surface area contributed by atoms with E-state index in [0.717, 1.165) is 51.3 Å².